The first-order valence-electron chi connectivity index (χ1n) is 34.5. The second-order valence-electron chi connectivity index (χ2n) is 11.8. The summed E-state index contributed by atoms with van der Waals surface area (Å²) in [6.45, 7) is 0. The number of thiophene rings is 1. The molecule has 11 aromatic rings. The lowest BCUT2D eigenvalue weighted by atomic mass is 9.95. The molecule has 0 atom stereocenters. The average Bonchev–Trinajstić information content (AvgIpc) is 1.64. The Kier molecular flexibility index (Phi) is 3.13. The standard InChI is InChI=1S/C54H36N2S/c1-4-16-37(17-5-1)40-30-33-52(47(34-40)38-18-6-2-7-19-38)55(41-20-8-3-9-21-41)43-35-48(54-49(36-43)46-24-12-15-27-53(46)57-54)39-28-31-42(32-29-39)56-50-25-13-10-22-44(50)45-23-11-14-26-51(45)56/h1-36H/i1D,2D,3D,4D,5D,6D,7D,8D,9D,10D,11D,12D,13D,14D,15D,16D,17D,18D,19D,20D,21D,22D,23D,24D,25D,26D,27D,28D,29D,30D,31D,32D,33D,34D,35D,36D. The molecule has 57 heavy (non-hydrogen) atoms. The normalized spacial score (nSPS) is 20.4. The number of fused-ring (bicyclic) bond motifs is 6. The second kappa shape index (κ2) is 13.8. The maximum Gasteiger partial charge on any atom is 0.0652 e. The summed E-state index contributed by atoms with van der Waals surface area (Å²) in [5.74, 6) is 0. The third kappa shape index (κ3) is 5.71. The molecule has 9 aromatic carbocycles. The molecule has 0 saturated carbocycles. The first kappa shape index (κ1) is 12.9. The fraction of sp³-hybridized carbons (Fsp3) is 0. The monoisotopic (exact) mass is 780 g/mol. The van der Waals surface area contributed by atoms with E-state index in [1.54, 1.807) is 0 Å². The van der Waals surface area contributed by atoms with Crippen LogP contribution in [0.2, 0.25) is 0 Å². The van der Waals surface area contributed by atoms with Crippen LogP contribution in [0.1, 0.15) is 49.3 Å². The van der Waals surface area contributed by atoms with Crippen LogP contribution in [0.5, 0.6) is 0 Å². The third-order valence-corrected chi connectivity index (χ3v) is 9.74. The lowest BCUT2D eigenvalue weighted by molar-refractivity contribution is 1.18. The van der Waals surface area contributed by atoms with E-state index >= 15 is 0 Å². The van der Waals surface area contributed by atoms with Crippen LogP contribution in [0.4, 0.5) is 17.1 Å². The molecule has 0 amide bonds. The molecule has 2 aromatic heterocycles. The topological polar surface area (TPSA) is 8.17 Å². The second-order valence-corrected chi connectivity index (χ2v) is 12.8. The van der Waals surface area contributed by atoms with E-state index in [0.717, 1.165) is 0 Å². The van der Waals surface area contributed by atoms with Crippen LogP contribution in [0.15, 0.2) is 218 Å². The maximum atomic E-state index is 10.5. The van der Waals surface area contributed by atoms with Crippen molar-refractivity contribution in [3.8, 4) is 39.1 Å². The largest absolute Gasteiger partial charge is 0.310 e. The van der Waals surface area contributed by atoms with Crippen molar-refractivity contribution in [1.82, 2.24) is 4.57 Å². The molecule has 0 unspecified atom stereocenters. The molecule has 3 heteroatoms. The van der Waals surface area contributed by atoms with Crippen LogP contribution in [0.3, 0.4) is 0 Å². The summed E-state index contributed by atoms with van der Waals surface area (Å²) in [4.78, 5) is 0.298. The summed E-state index contributed by atoms with van der Waals surface area (Å²) in [5.41, 5.74) is -12.3. The van der Waals surface area contributed by atoms with Crippen LogP contribution in [0, 0.1) is 0 Å². The molecule has 0 N–H and O–H groups in total. The number of anilines is 3. The van der Waals surface area contributed by atoms with Gasteiger partial charge in [-0.2, -0.15) is 0 Å². The minimum atomic E-state index is -1.42. The lowest BCUT2D eigenvalue weighted by Gasteiger charge is -2.29. The van der Waals surface area contributed by atoms with Crippen molar-refractivity contribution in [1.29, 1.82) is 0 Å². The van der Waals surface area contributed by atoms with E-state index in [9.17, 15) is 19.2 Å². The molecule has 0 saturated heterocycles. The number of aromatic nitrogens is 1. The Labute approximate surface area is 386 Å². The lowest BCUT2D eigenvalue weighted by Crippen LogP contribution is -2.11. The number of hydrogen-bond donors (Lipinski definition) is 0. The van der Waals surface area contributed by atoms with Crippen molar-refractivity contribution < 1.29 is 49.3 Å². The van der Waals surface area contributed by atoms with Crippen molar-refractivity contribution in [3.05, 3.63) is 218 Å². The summed E-state index contributed by atoms with van der Waals surface area (Å²) in [6.07, 6.45) is 0. The summed E-state index contributed by atoms with van der Waals surface area (Å²) < 4.78 is 329. The molecule has 0 aliphatic heterocycles. The van der Waals surface area contributed by atoms with E-state index in [0.29, 0.717) is 20.8 Å². The number of hydrogen-bond acceptors (Lipinski definition) is 2. The highest BCUT2D eigenvalue weighted by molar-refractivity contribution is 7.26. The number of para-hydroxylation sites is 3. The molecule has 2 nitrogen and oxygen atoms in total. The summed E-state index contributed by atoms with van der Waals surface area (Å²) >= 11 is 0.394. The van der Waals surface area contributed by atoms with Gasteiger partial charge in [0.15, 0.2) is 0 Å². The van der Waals surface area contributed by atoms with E-state index in [4.69, 9.17) is 30.2 Å². The predicted molar refractivity (Wildman–Crippen MR) is 245 cm³/mol. The number of benzene rings is 9. The molecular weight excluding hydrogens is 709 g/mol. The first-order valence-corrected chi connectivity index (χ1v) is 17.3. The molecule has 0 radical (unpaired) electrons. The van der Waals surface area contributed by atoms with Crippen molar-refractivity contribution in [3.63, 3.8) is 0 Å². The van der Waals surface area contributed by atoms with Gasteiger partial charge >= 0.3 is 0 Å². The summed E-state index contributed by atoms with van der Waals surface area (Å²) in [6, 6.07) is -39.4. The molecule has 0 spiro atoms. The van der Waals surface area contributed by atoms with Gasteiger partial charge in [0.2, 0.25) is 0 Å². The predicted octanol–water partition coefficient (Wildman–Crippen LogP) is 15.6. The van der Waals surface area contributed by atoms with E-state index in [1.165, 1.54) is 0 Å². The number of rotatable bonds is 7. The molecular formula is C54H36N2S. The van der Waals surface area contributed by atoms with Gasteiger partial charge in [0.1, 0.15) is 0 Å². The van der Waals surface area contributed by atoms with E-state index in [2.05, 4.69) is 0 Å². The minimum absolute atomic E-state index is 0.298. The third-order valence-electron chi connectivity index (χ3n) is 8.62. The average molecular weight is 781 g/mol. The Morgan fingerprint density at radius 1 is 0.386 bits per heavy atom. The maximum absolute atomic E-state index is 10.5. The van der Waals surface area contributed by atoms with Crippen molar-refractivity contribution >= 4 is 70.4 Å². The highest BCUT2D eigenvalue weighted by Gasteiger charge is 2.22. The first-order chi connectivity index (χ1) is 43.3. The molecule has 0 fully saturated rings. The Hall–Kier alpha value is -7.20. The van der Waals surface area contributed by atoms with E-state index < -0.39 is 316 Å². The van der Waals surface area contributed by atoms with Gasteiger partial charge in [0.05, 0.1) is 66.1 Å². The van der Waals surface area contributed by atoms with Gasteiger partial charge in [0, 0.05) is 59.1 Å². The summed E-state index contributed by atoms with van der Waals surface area (Å²) in [7, 11) is 0. The van der Waals surface area contributed by atoms with E-state index in [-0.39, 0.29) is 0 Å². The van der Waals surface area contributed by atoms with Crippen LogP contribution in [-0.4, -0.2) is 4.57 Å². The zero-order valence-corrected chi connectivity index (χ0v) is 29.1. The van der Waals surface area contributed by atoms with Crippen LogP contribution < -0.4 is 4.90 Å². The fourth-order valence-corrected chi connectivity index (χ4v) is 7.30. The van der Waals surface area contributed by atoms with Gasteiger partial charge in [-0.05, 0) is 88.7 Å². The molecule has 2 heterocycles. The highest BCUT2D eigenvalue weighted by Crippen LogP contribution is 2.48. The van der Waals surface area contributed by atoms with Gasteiger partial charge in [0.25, 0.3) is 0 Å². The number of nitrogens with zero attached hydrogens (tertiary/aromatic N) is 2. The molecule has 0 aliphatic rings. The Morgan fingerprint density at radius 3 is 1.61 bits per heavy atom. The highest BCUT2D eigenvalue weighted by atomic mass is 32.1. The summed E-state index contributed by atoms with van der Waals surface area (Å²) in [5, 5.41) is -2.39. The Morgan fingerprint density at radius 2 is 0.930 bits per heavy atom. The van der Waals surface area contributed by atoms with Crippen molar-refractivity contribution in [2.24, 2.45) is 0 Å². The van der Waals surface area contributed by atoms with Gasteiger partial charge in [-0.15, -0.1) is 11.3 Å². The smallest absolute Gasteiger partial charge is 0.0652 e. The van der Waals surface area contributed by atoms with Crippen LogP contribution >= 0.6 is 11.3 Å². The molecule has 268 valence electrons. The van der Waals surface area contributed by atoms with Crippen LogP contribution in [0.25, 0.3) is 81.0 Å². The Balaban J connectivity index is 1.43. The van der Waals surface area contributed by atoms with Crippen molar-refractivity contribution in [2.75, 3.05) is 4.90 Å². The van der Waals surface area contributed by atoms with Crippen molar-refractivity contribution in [2.45, 2.75) is 0 Å². The zero-order valence-electron chi connectivity index (χ0n) is 64.3. The molecule has 0 bridgehead atoms. The molecule has 11 rings (SSSR count). The SMILES string of the molecule is [2H]c1c([2H])c([2H])c(-c2c([2H])c([2H])c(N(c3c([2H])c([2H])c([2H])c([2H])c3[2H])c3c([2H])c(-c4c([2H])c([2H])c(-n5c6c([2H])c([2H])c([2H])c([2H])c6c6c([2H])c([2H])c([2H])c([2H])c65)c([2H])c4[2H])c4sc5c([2H])c([2H])c([2H])c([2H])c5c4c3[2H])c(-c3c([2H])c([2H])c([2H])c([2H])c3[2H])c2[2H])c([2H])c1[2H]. The quantitative estimate of drug-likeness (QED) is 0.156. The van der Waals surface area contributed by atoms with E-state index in [1.807, 2.05) is 0 Å². The van der Waals surface area contributed by atoms with Gasteiger partial charge in [-0.3, -0.25) is 0 Å². The van der Waals surface area contributed by atoms with Crippen LogP contribution in [-0.2, 0) is 0 Å². The minimum Gasteiger partial charge on any atom is -0.310 e. The fourth-order valence-electron chi connectivity index (χ4n) is 6.23. The zero-order chi connectivity index (χ0) is 69.0. The van der Waals surface area contributed by atoms with Gasteiger partial charge in [-0.25, -0.2) is 0 Å². The Bertz CT molecular complexity index is 5170. The molecule has 0 aliphatic carbocycles. The van der Waals surface area contributed by atoms with Gasteiger partial charge in [-0.1, -0.05) is 151 Å². The van der Waals surface area contributed by atoms with Gasteiger partial charge < -0.3 is 9.47 Å².